The molecule has 2 N–H and O–H groups in total. The van der Waals surface area contributed by atoms with Crippen LogP contribution in [0.25, 0.3) is 11.1 Å². The van der Waals surface area contributed by atoms with Gasteiger partial charge < -0.3 is 24.6 Å². The number of carboxylic acids is 1. The van der Waals surface area contributed by atoms with Crippen molar-refractivity contribution in [2.45, 2.75) is 63.6 Å². The molecular formula is C48H42Cl2FN3O6. The molecule has 0 saturated carbocycles. The summed E-state index contributed by atoms with van der Waals surface area (Å²) in [7, 11) is 0. The fourth-order valence-corrected chi connectivity index (χ4v) is 8.27. The Balaban J connectivity index is 0.993. The van der Waals surface area contributed by atoms with Crippen LogP contribution < -0.4 is 19.5 Å². The standard InChI is InChI=1S/C48H42Cl2FN3O6/c1-2-42(32-6-4-3-5-7-32)54-26-35-24-45-44(59-28-46(60-45)33-13-15-36(16-14-33)58-27-30-10-17-38(49)39(50)20-30)23-34(35)22-43(54)47(55)53-41(48(56)57)21-29-8-11-31(12-9-29)37-18-19-52-25-40(37)51/h3-20,23-25,41-43,46H,2,21-22,26-28H2,1H3,(H,53,55)(H,56,57)/t41-,42-,43-,46+/m0/s1. The van der Waals surface area contributed by atoms with Crippen molar-refractivity contribution in [3.63, 3.8) is 0 Å². The number of rotatable bonds is 13. The lowest BCUT2D eigenvalue weighted by Crippen LogP contribution is -2.55. The van der Waals surface area contributed by atoms with E-state index in [4.69, 9.17) is 37.4 Å². The molecule has 5 aromatic carbocycles. The fourth-order valence-electron chi connectivity index (χ4n) is 7.95. The summed E-state index contributed by atoms with van der Waals surface area (Å²) in [6.07, 6.45) is 3.42. The van der Waals surface area contributed by atoms with Gasteiger partial charge in [0.25, 0.3) is 0 Å². The zero-order valence-electron chi connectivity index (χ0n) is 32.7. The molecule has 6 aromatic rings. The minimum absolute atomic E-state index is 0.0493. The number of hydrogen-bond acceptors (Lipinski definition) is 7. The monoisotopic (exact) mass is 845 g/mol. The van der Waals surface area contributed by atoms with Gasteiger partial charge in [-0.15, -0.1) is 0 Å². The first-order valence-corrected chi connectivity index (χ1v) is 20.5. The number of aliphatic carboxylic acids is 1. The number of halogens is 3. The maximum atomic E-state index is 14.4. The molecule has 9 nitrogen and oxygen atoms in total. The zero-order valence-corrected chi connectivity index (χ0v) is 34.2. The van der Waals surface area contributed by atoms with Gasteiger partial charge in [-0.25, -0.2) is 9.18 Å². The van der Waals surface area contributed by atoms with E-state index in [2.05, 4.69) is 34.3 Å². The number of amides is 1. The van der Waals surface area contributed by atoms with Crippen molar-refractivity contribution < 1.29 is 33.3 Å². The van der Waals surface area contributed by atoms with Crippen LogP contribution in [0.4, 0.5) is 4.39 Å². The van der Waals surface area contributed by atoms with Crippen LogP contribution in [0.5, 0.6) is 17.2 Å². The molecule has 12 heteroatoms. The molecule has 0 fully saturated rings. The van der Waals surface area contributed by atoms with Crippen molar-refractivity contribution in [2.75, 3.05) is 6.61 Å². The Kier molecular flexibility index (Phi) is 12.3. The van der Waals surface area contributed by atoms with Gasteiger partial charge in [0.05, 0.1) is 22.3 Å². The lowest BCUT2D eigenvalue weighted by molar-refractivity contribution is -0.143. The number of nitrogens with zero attached hydrogens (tertiary/aromatic N) is 2. The van der Waals surface area contributed by atoms with Crippen molar-refractivity contribution in [3.8, 4) is 28.4 Å². The van der Waals surface area contributed by atoms with Gasteiger partial charge >= 0.3 is 5.97 Å². The molecule has 60 heavy (non-hydrogen) atoms. The van der Waals surface area contributed by atoms with Crippen LogP contribution in [-0.4, -0.2) is 45.6 Å². The van der Waals surface area contributed by atoms with E-state index in [1.165, 1.54) is 6.20 Å². The second-order valence-electron chi connectivity index (χ2n) is 15.0. The van der Waals surface area contributed by atoms with Crippen LogP contribution in [0.15, 0.2) is 128 Å². The normalized spacial score (nSPS) is 16.9. The summed E-state index contributed by atoms with van der Waals surface area (Å²) in [6.45, 7) is 3.14. The number of carboxylic acid groups (broad SMARTS) is 1. The highest BCUT2D eigenvalue weighted by Crippen LogP contribution is 2.43. The number of nitrogens with one attached hydrogen (secondary N) is 1. The molecule has 0 bridgehead atoms. The topological polar surface area (TPSA) is 110 Å². The predicted octanol–water partition coefficient (Wildman–Crippen LogP) is 9.98. The molecule has 0 aliphatic carbocycles. The number of carbonyl (C=O) groups excluding carboxylic acids is 1. The number of hydrogen-bond donors (Lipinski definition) is 2. The molecule has 4 atom stereocenters. The highest BCUT2D eigenvalue weighted by Gasteiger charge is 2.39. The first kappa shape index (κ1) is 40.8. The lowest BCUT2D eigenvalue weighted by atomic mass is 9.89. The molecule has 2 aliphatic rings. The fraction of sp³-hybridized carbons (Fsp3) is 0.229. The smallest absolute Gasteiger partial charge is 0.326 e. The third kappa shape index (κ3) is 9.11. The summed E-state index contributed by atoms with van der Waals surface area (Å²) < 4.78 is 33.2. The molecule has 3 heterocycles. The first-order chi connectivity index (χ1) is 29.1. The Morgan fingerprint density at radius 1 is 0.917 bits per heavy atom. The van der Waals surface area contributed by atoms with E-state index >= 15 is 0 Å². The Bertz CT molecular complexity index is 2490. The highest BCUT2D eigenvalue weighted by atomic mass is 35.5. The minimum Gasteiger partial charge on any atom is -0.489 e. The van der Waals surface area contributed by atoms with Crippen molar-refractivity contribution in [1.82, 2.24) is 15.2 Å². The number of ether oxygens (including phenoxy) is 3. The largest absolute Gasteiger partial charge is 0.489 e. The summed E-state index contributed by atoms with van der Waals surface area (Å²) in [6, 6.07) is 33.7. The molecule has 0 spiro atoms. The van der Waals surface area contributed by atoms with Crippen LogP contribution >= 0.6 is 23.2 Å². The first-order valence-electron chi connectivity index (χ1n) is 19.8. The van der Waals surface area contributed by atoms with Crippen molar-refractivity contribution in [2.24, 2.45) is 0 Å². The SMILES string of the molecule is CC[C@@H](c1ccccc1)N1Cc2cc3c(cc2C[C@H]1C(=O)N[C@@H](Cc1ccc(-c2ccncc2F)cc1)C(=O)O)OC[C@H](c1ccc(OCc2ccc(Cl)c(Cl)c2)cc1)O3. The second-order valence-corrected chi connectivity index (χ2v) is 15.8. The summed E-state index contributed by atoms with van der Waals surface area (Å²) >= 11 is 12.2. The van der Waals surface area contributed by atoms with E-state index in [9.17, 15) is 19.1 Å². The Labute approximate surface area is 357 Å². The summed E-state index contributed by atoms with van der Waals surface area (Å²) in [5.74, 6) is -0.0725. The van der Waals surface area contributed by atoms with E-state index in [0.717, 1.165) is 40.4 Å². The highest BCUT2D eigenvalue weighted by molar-refractivity contribution is 6.42. The third-order valence-electron chi connectivity index (χ3n) is 11.1. The molecule has 1 aromatic heterocycles. The quantitative estimate of drug-likeness (QED) is 0.118. The van der Waals surface area contributed by atoms with Crippen molar-refractivity contribution in [3.05, 3.63) is 177 Å². The number of fused-ring (bicyclic) bond motifs is 2. The van der Waals surface area contributed by atoms with E-state index in [1.54, 1.807) is 42.5 Å². The molecule has 0 unspecified atom stereocenters. The van der Waals surface area contributed by atoms with Gasteiger partial charge in [-0.3, -0.25) is 14.7 Å². The second kappa shape index (κ2) is 18.1. The Morgan fingerprint density at radius 3 is 2.38 bits per heavy atom. The van der Waals surface area contributed by atoms with E-state index < -0.39 is 23.9 Å². The Morgan fingerprint density at radius 2 is 1.67 bits per heavy atom. The molecule has 0 radical (unpaired) electrons. The average molecular weight is 847 g/mol. The molecule has 1 amide bonds. The Hall–Kier alpha value is -5.94. The van der Waals surface area contributed by atoms with Crippen LogP contribution in [-0.2, 0) is 35.6 Å². The number of pyridine rings is 1. The predicted molar refractivity (Wildman–Crippen MR) is 228 cm³/mol. The van der Waals surface area contributed by atoms with Gasteiger partial charge in [0, 0.05) is 30.8 Å². The van der Waals surface area contributed by atoms with E-state index in [-0.39, 0.29) is 31.1 Å². The van der Waals surface area contributed by atoms with Gasteiger partial charge in [-0.05, 0) is 94.3 Å². The maximum absolute atomic E-state index is 14.4. The zero-order chi connectivity index (χ0) is 41.8. The van der Waals surface area contributed by atoms with Gasteiger partial charge in [0.2, 0.25) is 5.91 Å². The lowest BCUT2D eigenvalue weighted by Gasteiger charge is -2.42. The van der Waals surface area contributed by atoms with Gasteiger partial charge in [-0.2, -0.15) is 0 Å². The van der Waals surface area contributed by atoms with E-state index in [1.807, 2.05) is 60.7 Å². The maximum Gasteiger partial charge on any atom is 0.326 e. The summed E-state index contributed by atoms with van der Waals surface area (Å²) in [5, 5.41) is 14.2. The number of benzene rings is 5. The molecule has 2 aliphatic heterocycles. The summed E-state index contributed by atoms with van der Waals surface area (Å²) in [4.78, 5) is 33.0. The minimum atomic E-state index is -1.19. The molecule has 306 valence electrons. The number of carbonyl (C=O) groups is 2. The van der Waals surface area contributed by atoms with E-state index in [0.29, 0.717) is 63.6 Å². The molecule has 8 rings (SSSR count). The van der Waals surface area contributed by atoms with Crippen molar-refractivity contribution in [1.29, 1.82) is 0 Å². The van der Waals surface area contributed by atoms with Crippen LogP contribution in [0.3, 0.4) is 0 Å². The number of aromatic nitrogens is 1. The van der Waals surface area contributed by atoms with Crippen LogP contribution in [0.1, 0.15) is 58.9 Å². The van der Waals surface area contributed by atoms with Gasteiger partial charge in [0.1, 0.15) is 30.8 Å². The van der Waals surface area contributed by atoms with Gasteiger partial charge in [0.15, 0.2) is 17.6 Å². The third-order valence-corrected chi connectivity index (χ3v) is 11.8. The molecular weight excluding hydrogens is 804 g/mol. The van der Waals surface area contributed by atoms with Gasteiger partial charge in [-0.1, -0.05) is 103 Å². The molecule has 0 saturated heterocycles. The average Bonchev–Trinajstić information content (AvgIpc) is 3.26. The van der Waals surface area contributed by atoms with Crippen LogP contribution in [0.2, 0.25) is 10.0 Å². The summed E-state index contributed by atoms with van der Waals surface area (Å²) in [5.41, 5.74) is 6.56. The van der Waals surface area contributed by atoms with Crippen molar-refractivity contribution >= 4 is 35.1 Å². The van der Waals surface area contributed by atoms with Crippen LogP contribution in [0, 0.1) is 5.82 Å².